The molecule has 0 saturated carbocycles. The minimum Gasteiger partial charge on any atom is -0.493 e. The first-order valence-electron chi connectivity index (χ1n) is 10.0. The highest BCUT2D eigenvalue weighted by Gasteiger charge is 2.22. The average molecular weight is 458 g/mol. The van der Waals surface area contributed by atoms with E-state index < -0.39 is 0 Å². The van der Waals surface area contributed by atoms with E-state index in [1.54, 1.807) is 7.11 Å². The van der Waals surface area contributed by atoms with Crippen molar-refractivity contribution in [3.8, 4) is 22.1 Å². The number of amides is 1. The Kier molecular flexibility index (Phi) is 6.75. The molecule has 1 aliphatic rings. The van der Waals surface area contributed by atoms with Gasteiger partial charge in [0.1, 0.15) is 17.3 Å². The van der Waals surface area contributed by atoms with Crippen LogP contribution in [0.15, 0.2) is 47.8 Å². The van der Waals surface area contributed by atoms with Crippen LogP contribution in [0.2, 0.25) is 5.02 Å². The highest BCUT2D eigenvalue weighted by Crippen LogP contribution is 2.34. The molecule has 4 rings (SSSR count). The van der Waals surface area contributed by atoms with Gasteiger partial charge in [-0.15, -0.1) is 11.3 Å². The smallest absolute Gasteiger partial charge is 0.273 e. The van der Waals surface area contributed by atoms with Gasteiger partial charge >= 0.3 is 0 Å². The van der Waals surface area contributed by atoms with Gasteiger partial charge in [-0.1, -0.05) is 23.7 Å². The lowest BCUT2D eigenvalue weighted by Crippen LogP contribution is -2.47. The van der Waals surface area contributed by atoms with Gasteiger partial charge in [0.15, 0.2) is 11.5 Å². The topological polar surface area (TPSA) is 54.9 Å². The van der Waals surface area contributed by atoms with Crippen LogP contribution in [0.25, 0.3) is 10.6 Å². The molecule has 1 aliphatic heterocycles. The summed E-state index contributed by atoms with van der Waals surface area (Å²) in [6, 6.07) is 13.2. The van der Waals surface area contributed by atoms with Gasteiger partial charge in [0, 0.05) is 42.1 Å². The average Bonchev–Trinajstić information content (AvgIpc) is 3.28. The summed E-state index contributed by atoms with van der Waals surface area (Å²) in [5.41, 5.74) is 2.35. The van der Waals surface area contributed by atoms with Gasteiger partial charge in [0.25, 0.3) is 5.91 Å². The molecule has 1 amide bonds. The van der Waals surface area contributed by atoms with Crippen LogP contribution in [0, 0.1) is 0 Å². The molecule has 0 atom stereocenters. The Balaban J connectivity index is 1.47. The van der Waals surface area contributed by atoms with Crippen molar-refractivity contribution in [2.24, 2.45) is 0 Å². The Morgan fingerprint density at radius 1 is 1.13 bits per heavy atom. The van der Waals surface area contributed by atoms with E-state index in [1.807, 2.05) is 52.7 Å². The summed E-state index contributed by atoms with van der Waals surface area (Å²) in [7, 11) is 3.67. The quantitative estimate of drug-likeness (QED) is 0.547. The van der Waals surface area contributed by atoms with E-state index in [-0.39, 0.29) is 5.91 Å². The first kappa shape index (κ1) is 21.6. The number of ether oxygens (including phenoxy) is 2. The highest BCUT2D eigenvalue weighted by molar-refractivity contribution is 7.13. The van der Waals surface area contributed by atoms with E-state index in [1.165, 1.54) is 11.3 Å². The summed E-state index contributed by atoms with van der Waals surface area (Å²) in [6.07, 6.45) is 0. The molecule has 1 fully saturated rings. The second-order valence-corrected chi connectivity index (χ2v) is 8.71. The van der Waals surface area contributed by atoms with Crippen LogP contribution in [-0.2, 0) is 6.61 Å². The van der Waals surface area contributed by atoms with Crippen LogP contribution in [0.5, 0.6) is 11.5 Å². The monoisotopic (exact) mass is 457 g/mol. The number of thiazole rings is 1. The predicted molar refractivity (Wildman–Crippen MR) is 123 cm³/mol. The number of halogens is 1. The first-order valence-corrected chi connectivity index (χ1v) is 11.3. The van der Waals surface area contributed by atoms with Crippen molar-refractivity contribution in [3.63, 3.8) is 0 Å². The lowest BCUT2D eigenvalue weighted by atomic mass is 10.2. The third kappa shape index (κ3) is 5.18. The van der Waals surface area contributed by atoms with E-state index in [4.69, 9.17) is 21.1 Å². The molecule has 3 aromatic rings. The maximum atomic E-state index is 12.8. The maximum Gasteiger partial charge on any atom is 0.273 e. The minimum atomic E-state index is -0.0101. The summed E-state index contributed by atoms with van der Waals surface area (Å²) < 4.78 is 11.5. The van der Waals surface area contributed by atoms with Crippen molar-refractivity contribution in [2.45, 2.75) is 6.61 Å². The van der Waals surface area contributed by atoms with E-state index >= 15 is 0 Å². The summed E-state index contributed by atoms with van der Waals surface area (Å²) >= 11 is 7.49. The van der Waals surface area contributed by atoms with Crippen molar-refractivity contribution < 1.29 is 14.3 Å². The van der Waals surface area contributed by atoms with Crippen molar-refractivity contribution in [1.29, 1.82) is 0 Å². The third-order valence-corrected chi connectivity index (χ3v) is 6.33. The zero-order chi connectivity index (χ0) is 21.8. The molecule has 0 unspecified atom stereocenters. The molecule has 0 N–H and O–H groups in total. The molecule has 0 radical (unpaired) electrons. The number of nitrogens with zero attached hydrogens (tertiary/aromatic N) is 3. The summed E-state index contributed by atoms with van der Waals surface area (Å²) in [6.45, 7) is 3.62. The number of rotatable bonds is 6. The number of likely N-dealkylation sites (N-methyl/N-ethyl adjacent to an activating group) is 1. The van der Waals surface area contributed by atoms with Crippen molar-refractivity contribution in [3.05, 3.63) is 64.1 Å². The maximum absolute atomic E-state index is 12.8. The summed E-state index contributed by atoms with van der Waals surface area (Å²) in [5, 5.41) is 3.28. The van der Waals surface area contributed by atoms with Crippen molar-refractivity contribution in [1.82, 2.24) is 14.8 Å². The van der Waals surface area contributed by atoms with Gasteiger partial charge in [-0.25, -0.2) is 4.98 Å². The van der Waals surface area contributed by atoms with Gasteiger partial charge in [0.2, 0.25) is 0 Å². The number of aromatic nitrogens is 1. The fourth-order valence-corrected chi connectivity index (χ4v) is 4.39. The van der Waals surface area contributed by atoms with Crippen molar-refractivity contribution >= 4 is 28.8 Å². The van der Waals surface area contributed by atoms with Gasteiger partial charge in [-0.3, -0.25) is 4.79 Å². The van der Waals surface area contributed by atoms with Gasteiger partial charge in [-0.2, -0.15) is 0 Å². The number of carbonyl (C=O) groups is 1. The molecule has 2 heterocycles. The largest absolute Gasteiger partial charge is 0.493 e. The first-order chi connectivity index (χ1) is 15.0. The normalized spacial score (nSPS) is 14.5. The van der Waals surface area contributed by atoms with Gasteiger partial charge in [-0.05, 0) is 42.9 Å². The second-order valence-electron chi connectivity index (χ2n) is 7.42. The fraction of sp³-hybridized carbons (Fsp3) is 0.304. The van der Waals surface area contributed by atoms with Gasteiger partial charge in [0.05, 0.1) is 7.11 Å². The van der Waals surface area contributed by atoms with Crippen molar-refractivity contribution in [2.75, 3.05) is 40.3 Å². The zero-order valence-electron chi connectivity index (χ0n) is 17.5. The minimum absolute atomic E-state index is 0.0101. The lowest BCUT2D eigenvalue weighted by Gasteiger charge is -2.31. The molecule has 0 bridgehead atoms. The number of hydrogen-bond donors (Lipinski definition) is 0. The Morgan fingerprint density at radius 2 is 1.94 bits per heavy atom. The number of piperazine rings is 1. The lowest BCUT2D eigenvalue weighted by molar-refractivity contribution is 0.0659. The van der Waals surface area contributed by atoms with Crippen LogP contribution >= 0.6 is 22.9 Å². The Bertz CT molecular complexity index is 1060. The fourth-order valence-electron chi connectivity index (χ4n) is 3.38. The molecule has 31 heavy (non-hydrogen) atoms. The molecule has 2 aromatic carbocycles. The number of benzene rings is 2. The molecule has 0 aliphatic carbocycles. The highest BCUT2D eigenvalue weighted by atomic mass is 35.5. The Labute approximate surface area is 191 Å². The molecule has 8 heteroatoms. The van der Waals surface area contributed by atoms with Gasteiger partial charge < -0.3 is 19.3 Å². The summed E-state index contributed by atoms with van der Waals surface area (Å²) in [4.78, 5) is 21.4. The number of carbonyl (C=O) groups excluding carboxylic acids is 1. The SMILES string of the molecule is COc1cc(-c2nc(C(=O)N3CCN(C)CC3)cs2)ccc1OCc1cccc(Cl)c1. The third-order valence-electron chi connectivity index (χ3n) is 5.21. The van der Waals surface area contributed by atoms with E-state index in [0.29, 0.717) is 28.8 Å². The molecule has 0 spiro atoms. The van der Waals surface area contributed by atoms with E-state index in [0.717, 1.165) is 42.3 Å². The molecule has 6 nitrogen and oxygen atoms in total. The van der Waals surface area contributed by atoms with Crippen LogP contribution < -0.4 is 9.47 Å². The number of hydrogen-bond acceptors (Lipinski definition) is 6. The zero-order valence-corrected chi connectivity index (χ0v) is 19.1. The molecular formula is C23H24ClN3O3S. The second kappa shape index (κ2) is 9.68. The Hall–Kier alpha value is -2.61. The molecule has 162 valence electrons. The Morgan fingerprint density at radius 3 is 2.68 bits per heavy atom. The standard InChI is InChI=1S/C23H24ClN3O3S/c1-26-8-10-27(11-9-26)23(28)19-15-31-22(25-19)17-6-7-20(21(13-17)29-2)30-14-16-4-3-5-18(24)12-16/h3-7,12-13,15H,8-11,14H2,1-2H3. The molecular weight excluding hydrogens is 434 g/mol. The number of methoxy groups -OCH3 is 1. The van der Waals surface area contributed by atoms with Crippen LogP contribution in [0.3, 0.4) is 0 Å². The molecule has 1 saturated heterocycles. The van der Waals surface area contributed by atoms with E-state index in [2.05, 4.69) is 16.9 Å². The predicted octanol–water partition coefficient (Wildman–Crippen LogP) is 4.44. The van der Waals surface area contributed by atoms with Crippen LogP contribution in [-0.4, -0.2) is 61.0 Å². The summed E-state index contributed by atoms with van der Waals surface area (Å²) in [5.74, 6) is 1.24. The molecule has 1 aromatic heterocycles. The van der Waals surface area contributed by atoms with Crippen LogP contribution in [0.1, 0.15) is 16.1 Å². The van der Waals surface area contributed by atoms with Crippen LogP contribution in [0.4, 0.5) is 0 Å². The van der Waals surface area contributed by atoms with E-state index in [9.17, 15) is 4.79 Å².